The first-order valence-electron chi connectivity index (χ1n) is 8.42. The smallest absolute Gasteiger partial charge is 0.279 e. The number of fused-ring (bicyclic) bond motifs is 1. The van der Waals surface area contributed by atoms with E-state index in [1.165, 1.54) is 45.8 Å². The van der Waals surface area contributed by atoms with Crippen molar-refractivity contribution in [2.24, 2.45) is 0 Å². The van der Waals surface area contributed by atoms with E-state index in [1.807, 2.05) is 6.07 Å². The van der Waals surface area contributed by atoms with Crippen LogP contribution in [0.4, 0.5) is 4.39 Å². The molecule has 0 radical (unpaired) electrons. The normalized spacial score (nSPS) is 10.7. The summed E-state index contributed by atoms with van der Waals surface area (Å²) in [5, 5.41) is 11.0. The van der Waals surface area contributed by atoms with Crippen molar-refractivity contribution in [3.05, 3.63) is 104 Å². The molecule has 1 N–H and O–H groups in total. The zero-order valence-electron chi connectivity index (χ0n) is 14.9. The number of aromatic nitrogens is 2. The fraction of sp³-hybridized carbons (Fsp3) is 0.0476. The van der Waals surface area contributed by atoms with Gasteiger partial charge in [-0.05, 0) is 23.8 Å². The highest BCUT2D eigenvalue weighted by Gasteiger charge is 2.17. The Morgan fingerprint density at radius 2 is 1.76 bits per heavy atom. The number of benzene rings is 2. The average Bonchev–Trinajstić information content (AvgIpc) is 2.67. The van der Waals surface area contributed by atoms with E-state index in [1.54, 1.807) is 24.3 Å². The number of hydrogen-bond acceptors (Lipinski definition) is 3. The molecule has 5 nitrogen and oxygen atoms in total. The molecule has 0 aliphatic rings. The van der Waals surface area contributed by atoms with Gasteiger partial charge in [0.25, 0.3) is 5.56 Å². The van der Waals surface area contributed by atoms with Crippen molar-refractivity contribution in [2.75, 3.05) is 0 Å². The maximum Gasteiger partial charge on any atom is 0.279 e. The number of nitrogens with zero attached hydrogens (tertiary/aromatic N) is 2. The summed E-state index contributed by atoms with van der Waals surface area (Å²) in [5.41, 5.74) is -0.696. The summed E-state index contributed by atoms with van der Waals surface area (Å²) in [5.74, 6) is -1.31. The SMILES string of the molecule is Cl.O=c1c(-c2ccccc2F)cn2ccn(Cc3cccc(Cl)c3)c(=O)c2c1O. The van der Waals surface area contributed by atoms with Crippen LogP contribution in [0.15, 0.2) is 76.7 Å². The Morgan fingerprint density at radius 1 is 1.00 bits per heavy atom. The molecule has 2 aromatic heterocycles. The second-order valence-corrected chi connectivity index (χ2v) is 6.75. The predicted molar refractivity (Wildman–Crippen MR) is 113 cm³/mol. The van der Waals surface area contributed by atoms with Crippen LogP contribution in [0, 0.1) is 5.82 Å². The van der Waals surface area contributed by atoms with Gasteiger partial charge in [0, 0.05) is 29.2 Å². The quantitative estimate of drug-likeness (QED) is 0.529. The molecule has 0 atom stereocenters. The second kappa shape index (κ2) is 8.11. The predicted octanol–water partition coefficient (Wildman–Crippen LogP) is 4.10. The van der Waals surface area contributed by atoms with E-state index < -0.39 is 22.6 Å². The van der Waals surface area contributed by atoms with Gasteiger partial charge in [-0.3, -0.25) is 9.59 Å². The molecule has 0 spiro atoms. The van der Waals surface area contributed by atoms with Gasteiger partial charge < -0.3 is 14.1 Å². The molecule has 29 heavy (non-hydrogen) atoms. The number of pyridine rings is 1. The van der Waals surface area contributed by atoms with E-state index in [4.69, 9.17) is 11.6 Å². The lowest BCUT2D eigenvalue weighted by Gasteiger charge is -2.11. The van der Waals surface area contributed by atoms with Crippen molar-refractivity contribution in [3.8, 4) is 16.9 Å². The van der Waals surface area contributed by atoms with Crippen molar-refractivity contribution in [3.63, 3.8) is 0 Å². The van der Waals surface area contributed by atoms with Crippen molar-refractivity contribution < 1.29 is 9.50 Å². The number of rotatable bonds is 3. The van der Waals surface area contributed by atoms with Crippen LogP contribution in [-0.2, 0) is 6.54 Å². The Hall–Kier alpha value is -3.09. The second-order valence-electron chi connectivity index (χ2n) is 6.32. The molecular weight excluding hydrogens is 418 g/mol. The van der Waals surface area contributed by atoms with Crippen molar-refractivity contribution in [1.29, 1.82) is 0 Å². The van der Waals surface area contributed by atoms with E-state index >= 15 is 0 Å². The molecule has 0 fully saturated rings. The summed E-state index contributed by atoms with van der Waals surface area (Å²) in [6.45, 7) is 0.221. The highest BCUT2D eigenvalue weighted by Crippen LogP contribution is 2.22. The largest absolute Gasteiger partial charge is 0.503 e. The zero-order valence-corrected chi connectivity index (χ0v) is 16.5. The molecule has 8 heteroatoms. The Kier molecular flexibility index (Phi) is 5.77. The van der Waals surface area contributed by atoms with E-state index in [2.05, 4.69) is 0 Å². The minimum atomic E-state index is -0.803. The number of hydrogen-bond donors (Lipinski definition) is 1. The molecule has 2 aromatic carbocycles. The summed E-state index contributed by atoms with van der Waals surface area (Å²) in [6.07, 6.45) is 4.41. The first-order chi connectivity index (χ1) is 13.5. The average molecular weight is 433 g/mol. The molecule has 0 unspecified atom stereocenters. The van der Waals surface area contributed by atoms with Crippen LogP contribution in [0.3, 0.4) is 0 Å². The molecule has 0 bridgehead atoms. The van der Waals surface area contributed by atoms with Gasteiger partial charge in [0.15, 0.2) is 11.3 Å². The highest BCUT2D eigenvalue weighted by molar-refractivity contribution is 6.30. The van der Waals surface area contributed by atoms with E-state index in [0.717, 1.165) is 5.56 Å². The summed E-state index contributed by atoms with van der Waals surface area (Å²) in [6, 6.07) is 12.8. The summed E-state index contributed by atoms with van der Waals surface area (Å²) >= 11 is 5.98. The monoisotopic (exact) mass is 432 g/mol. The van der Waals surface area contributed by atoms with Crippen LogP contribution in [0.5, 0.6) is 5.75 Å². The summed E-state index contributed by atoms with van der Waals surface area (Å²) in [4.78, 5) is 25.4. The fourth-order valence-corrected chi connectivity index (χ4v) is 3.35. The molecule has 0 aliphatic carbocycles. The Balaban J connectivity index is 0.00000240. The van der Waals surface area contributed by atoms with Crippen LogP contribution in [0.25, 0.3) is 16.6 Å². The lowest BCUT2D eigenvalue weighted by atomic mass is 10.1. The fourth-order valence-electron chi connectivity index (χ4n) is 3.13. The van der Waals surface area contributed by atoms with Gasteiger partial charge in [-0.2, -0.15) is 0 Å². The topological polar surface area (TPSA) is 63.7 Å². The van der Waals surface area contributed by atoms with Crippen LogP contribution in [0.1, 0.15) is 5.56 Å². The van der Waals surface area contributed by atoms with Gasteiger partial charge in [0.05, 0.1) is 12.1 Å². The Bertz CT molecular complexity index is 1330. The van der Waals surface area contributed by atoms with Crippen LogP contribution < -0.4 is 11.0 Å². The minimum absolute atomic E-state index is 0. The first kappa shape index (κ1) is 20.6. The minimum Gasteiger partial charge on any atom is -0.503 e. The third-order valence-corrected chi connectivity index (χ3v) is 4.72. The highest BCUT2D eigenvalue weighted by atomic mass is 35.5. The first-order valence-corrected chi connectivity index (χ1v) is 8.80. The van der Waals surface area contributed by atoms with E-state index in [9.17, 15) is 19.1 Å². The molecule has 0 saturated carbocycles. The van der Waals surface area contributed by atoms with Gasteiger partial charge in [-0.25, -0.2) is 4.39 Å². The summed E-state index contributed by atoms with van der Waals surface area (Å²) in [7, 11) is 0. The molecular formula is C21H15Cl2FN2O3. The van der Waals surface area contributed by atoms with Gasteiger partial charge in [-0.1, -0.05) is 41.9 Å². The Labute approximate surface area is 175 Å². The Morgan fingerprint density at radius 3 is 2.48 bits per heavy atom. The molecule has 0 saturated heterocycles. The van der Waals surface area contributed by atoms with E-state index in [-0.39, 0.29) is 35.6 Å². The summed E-state index contributed by atoms with van der Waals surface area (Å²) < 4.78 is 16.8. The van der Waals surface area contributed by atoms with Crippen LogP contribution >= 0.6 is 24.0 Å². The van der Waals surface area contributed by atoms with Gasteiger partial charge >= 0.3 is 0 Å². The van der Waals surface area contributed by atoms with Gasteiger partial charge in [0.1, 0.15) is 5.82 Å². The maximum atomic E-state index is 14.1. The maximum absolute atomic E-state index is 14.1. The molecule has 148 valence electrons. The third-order valence-electron chi connectivity index (χ3n) is 4.49. The van der Waals surface area contributed by atoms with Crippen LogP contribution in [0.2, 0.25) is 5.02 Å². The van der Waals surface area contributed by atoms with Crippen LogP contribution in [-0.4, -0.2) is 14.1 Å². The van der Waals surface area contributed by atoms with E-state index in [0.29, 0.717) is 5.02 Å². The molecule has 0 amide bonds. The number of halogens is 3. The molecule has 2 heterocycles. The lowest BCUT2D eigenvalue weighted by molar-refractivity contribution is 0.472. The van der Waals surface area contributed by atoms with Crippen molar-refractivity contribution >= 4 is 29.5 Å². The number of aromatic hydroxyl groups is 1. The lowest BCUT2D eigenvalue weighted by Crippen LogP contribution is -2.24. The molecule has 0 aliphatic heterocycles. The zero-order chi connectivity index (χ0) is 19.8. The van der Waals surface area contributed by atoms with Crippen molar-refractivity contribution in [1.82, 2.24) is 8.97 Å². The third kappa shape index (κ3) is 3.77. The standard InChI is InChI=1S/C21H14ClFN2O3.ClH/c22-14-5-3-4-13(10-14)11-25-9-8-24-12-16(15-6-1-2-7-17(15)23)19(26)20(27)18(24)21(25)28;/h1-10,12,27H,11H2;1H. The molecule has 4 aromatic rings. The van der Waals surface area contributed by atoms with Gasteiger partial charge in [0.2, 0.25) is 5.43 Å². The molecule has 4 rings (SSSR count). The van der Waals surface area contributed by atoms with Crippen molar-refractivity contribution in [2.45, 2.75) is 6.54 Å². The van der Waals surface area contributed by atoms with Gasteiger partial charge in [-0.15, -0.1) is 12.4 Å².